The highest BCUT2D eigenvalue weighted by Crippen LogP contribution is 2.22. The first kappa shape index (κ1) is 23.7. The number of rotatable bonds is 5. The zero-order valence-corrected chi connectivity index (χ0v) is 17.0. The van der Waals surface area contributed by atoms with Gasteiger partial charge in [-0.05, 0) is 51.0 Å². The summed E-state index contributed by atoms with van der Waals surface area (Å²) in [4.78, 5) is 16.0. The van der Waals surface area contributed by atoms with Crippen molar-refractivity contribution in [2.75, 3.05) is 12.4 Å². The van der Waals surface area contributed by atoms with Crippen LogP contribution < -0.4 is 10.1 Å². The molecule has 0 spiro atoms. The Kier molecular flexibility index (Phi) is 8.64. The summed E-state index contributed by atoms with van der Waals surface area (Å²) in [6.07, 6.45) is 0.747. The summed E-state index contributed by atoms with van der Waals surface area (Å²) in [5.41, 5.74) is 0.848. The van der Waals surface area contributed by atoms with Gasteiger partial charge in [-0.3, -0.25) is 9.78 Å². The van der Waals surface area contributed by atoms with Gasteiger partial charge in [-0.25, -0.2) is 4.39 Å². The van der Waals surface area contributed by atoms with Crippen LogP contribution in [-0.4, -0.2) is 46.5 Å². The fourth-order valence-corrected chi connectivity index (χ4v) is 2.79. The Bertz CT molecular complexity index is 850. The summed E-state index contributed by atoms with van der Waals surface area (Å²) in [5, 5.41) is 21.8. The topological polar surface area (TPSA) is 101 Å². The molecule has 0 saturated carbocycles. The molecular weight excluding hydrogens is 398 g/mol. The van der Waals surface area contributed by atoms with Crippen molar-refractivity contribution in [2.24, 2.45) is 0 Å². The molecule has 0 bridgehead atoms. The molecule has 7 nitrogen and oxygen atoms in total. The van der Waals surface area contributed by atoms with Crippen molar-refractivity contribution in [3.8, 4) is 5.75 Å². The smallest absolute Gasteiger partial charge is 0.253 e. The molecule has 4 atom stereocenters. The molecule has 4 unspecified atom stereocenters. The van der Waals surface area contributed by atoms with E-state index in [2.05, 4.69) is 15.0 Å². The molecule has 1 aliphatic heterocycles. The number of pyridine rings is 1. The molecule has 1 aliphatic rings. The zero-order chi connectivity index (χ0) is 22.3. The van der Waals surface area contributed by atoms with E-state index in [0.29, 0.717) is 17.8 Å². The number of halogens is 2. The summed E-state index contributed by atoms with van der Waals surface area (Å²) in [6.45, 7) is 3.42. The van der Waals surface area contributed by atoms with Gasteiger partial charge in [0, 0.05) is 11.9 Å². The Morgan fingerprint density at radius 3 is 2.60 bits per heavy atom. The van der Waals surface area contributed by atoms with Gasteiger partial charge < -0.3 is 25.0 Å². The lowest BCUT2D eigenvalue weighted by Gasteiger charge is -2.15. The fraction of sp³-hybridized carbons (Fsp3) is 0.429. The number of aromatic nitrogens is 1. The lowest BCUT2D eigenvalue weighted by Crippen LogP contribution is -2.27. The van der Waals surface area contributed by atoms with Crippen molar-refractivity contribution in [1.82, 2.24) is 4.98 Å². The zero-order valence-electron chi connectivity index (χ0n) is 17.0. The number of aliphatic hydroxyl groups is 2. The van der Waals surface area contributed by atoms with E-state index < -0.39 is 29.9 Å². The van der Waals surface area contributed by atoms with E-state index >= 15 is 0 Å². The molecular formula is C21H26F2N2O5. The monoisotopic (exact) mass is 424 g/mol. The minimum absolute atomic E-state index is 0.0694. The second kappa shape index (κ2) is 11.0. The molecule has 3 rings (SSSR count). The Labute approximate surface area is 173 Å². The molecule has 1 aromatic heterocycles. The number of carbonyl (C=O) groups excluding carboxylic acids is 1. The van der Waals surface area contributed by atoms with E-state index in [1.54, 1.807) is 12.1 Å². The summed E-state index contributed by atoms with van der Waals surface area (Å²) < 4.78 is 34.8. The van der Waals surface area contributed by atoms with Gasteiger partial charge in [0.15, 0.2) is 11.6 Å². The quantitative estimate of drug-likeness (QED) is 0.682. The average Bonchev–Trinajstić information content (AvgIpc) is 3.16. The van der Waals surface area contributed by atoms with E-state index in [1.807, 2.05) is 6.92 Å². The molecule has 0 aliphatic carbocycles. The predicted octanol–water partition coefficient (Wildman–Crippen LogP) is 2.98. The predicted molar refractivity (Wildman–Crippen MR) is 106 cm³/mol. The molecule has 3 N–H and O–H groups in total. The normalized spacial score (nSPS) is 20.0. The van der Waals surface area contributed by atoms with Crippen LogP contribution in [0.1, 0.15) is 38.5 Å². The molecule has 164 valence electrons. The van der Waals surface area contributed by atoms with Crippen LogP contribution in [0.2, 0.25) is 0 Å². The highest BCUT2D eigenvalue weighted by Gasteiger charge is 2.28. The first-order chi connectivity index (χ1) is 14.2. The number of benzene rings is 1. The van der Waals surface area contributed by atoms with Crippen molar-refractivity contribution >= 4 is 11.6 Å². The van der Waals surface area contributed by atoms with E-state index in [0.717, 1.165) is 12.5 Å². The lowest BCUT2D eigenvalue weighted by molar-refractivity contribution is -0.126. The maximum absolute atomic E-state index is 12.5. The number of anilines is 1. The Morgan fingerprint density at radius 1 is 1.30 bits per heavy atom. The van der Waals surface area contributed by atoms with Crippen molar-refractivity contribution < 1.29 is 33.3 Å². The van der Waals surface area contributed by atoms with Crippen LogP contribution in [0, 0.1) is 11.6 Å². The van der Waals surface area contributed by atoms with Crippen LogP contribution in [0.5, 0.6) is 5.75 Å². The second-order valence-electron chi connectivity index (χ2n) is 6.91. The number of methoxy groups -OCH3 is 1. The largest absolute Gasteiger partial charge is 0.494 e. The standard InChI is InChI=1S/C14H20N2O4.C7H6F2O/c1-8-3-4-12(20-8)14(19)16-10-5-6-15-11(7-10)13(18)9(2)17;1-10-6-4-2-3-5(8)7(6)9/h5-9,12-13,17-18H,3-4H2,1-2H3,(H,15,16,19);2-4H,1H3. The van der Waals surface area contributed by atoms with Crippen LogP contribution >= 0.6 is 0 Å². The number of ether oxygens (including phenoxy) is 2. The first-order valence-electron chi connectivity index (χ1n) is 9.49. The summed E-state index contributed by atoms with van der Waals surface area (Å²) in [7, 11) is 1.29. The summed E-state index contributed by atoms with van der Waals surface area (Å²) in [6, 6.07) is 6.97. The molecule has 2 aromatic rings. The minimum Gasteiger partial charge on any atom is -0.494 e. The molecule has 1 saturated heterocycles. The van der Waals surface area contributed by atoms with E-state index in [4.69, 9.17) is 4.74 Å². The molecule has 1 aromatic carbocycles. The maximum Gasteiger partial charge on any atom is 0.253 e. The Balaban J connectivity index is 0.000000269. The highest BCUT2D eigenvalue weighted by molar-refractivity contribution is 5.94. The van der Waals surface area contributed by atoms with Gasteiger partial charge in [-0.2, -0.15) is 4.39 Å². The number of carbonyl (C=O) groups is 1. The molecule has 2 heterocycles. The van der Waals surface area contributed by atoms with Crippen LogP contribution in [0.3, 0.4) is 0 Å². The van der Waals surface area contributed by atoms with Crippen molar-refractivity contribution in [3.63, 3.8) is 0 Å². The third-order valence-corrected chi connectivity index (χ3v) is 4.47. The van der Waals surface area contributed by atoms with Crippen LogP contribution in [0.25, 0.3) is 0 Å². The molecule has 0 radical (unpaired) electrons. The number of aliphatic hydroxyl groups excluding tert-OH is 2. The molecule has 1 amide bonds. The summed E-state index contributed by atoms with van der Waals surface area (Å²) >= 11 is 0. The number of amides is 1. The van der Waals surface area contributed by atoms with Crippen molar-refractivity contribution in [1.29, 1.82) is 0 Å². The van der Waals surface area contributed by atoms with E-state index in [9.17, 15) is 23.8 Å². The lowest BCUT2D eigenvalue weighted by atomic mass is 10.1. The van der Waals surface area contributed by atoms with Gasteiger partial charge in [0.05, 0.1) is 25.0 Å². The van der Waals surface area contributed by atoms with Gasteiger partial charge in [-0.15, -0.1) is 0 Å². The summed E-state index contributed by atoms with van der Waals surface area (Å²) in [5.74, 6) is -2.10. The first-order valence-corrected chi connectivity index (χ1v) is 9.49. The minimum atomic E-state index is -1.07. The Hall–Kier alpha value is -2.62. The molecule has 30 heavy (non-hydrogen) atoms. The van der Waals surface area contributed by atoms with Gasteiger partial charge in [0.2, 0.25) is 5.82 Å². The third kappa shape index (κ3) is 6.45. The number of nitrogens with one attached hydrogen (secondary N) is 1. The highest BCUT2D eigenvalue weighted by atomic mass is 19.2. The number of hydrogen-bond acceptors (Lipinski definition) is 6. The SMILES string of the molecule is CC1CCC(C(=O)Nc2ccnc(C(O)C(C)O)c2)O1.COc1cccc(F)c1F. The maximum atomic E-state index is 12.5. The molecule has 9 heteroatoms. The van der Waals surface area contributed by atoms with Crippen molar-refractivity contribution in [2.45, 2.75) is 51.1 Å². The van der Waals surface area contributed by atoms with E-state index in [1.165, 1.54) is 32.4 Å². The van der Waals surface area contributed by atoms with Gasteiger partial charge >= 0.3 is 0 Å². The van der Waals surface area contributed by atoms with Gasteiger partial charge in [0.25, 0.3) is 5.91 Å². The van der Waals surface area contributed by atoms with Crippen LogP contribution in [-0.2, 0) is 9.53 Å². The van der Waals surface area contributed by atoms with E-state index in [-0.39, 0.29) is 17.8 Å². The third-order valence-electron chi connectivity index (χ3n) is 4.47. The van der Waals surface area contributed by atoms with Crippen LogP contribution in [0.15, 0.2) is 36.5 Å². The fourth-order valence-electron chi connectivity index (χ4n) is 2.79. The number of hydrogen-bond donors (Lipinski definition) is 3. The second-order valence-corrected chi connectivity index (χ2v) is 6.91. The Morgan fingerprint density at radius 2 is 2.03 bits per heavy atom. The van der Waals surface area contributed by atoms with Gasteiger partial charge in [-0.1, -0.05) is 6.07 Å². The van der Waals surface area contributed by atoms with Crippen molar-refractivity contribution in [3.05, 3.63) is 53.9 Å². The number of nitrogens with zero attached hydrogens (tertiary/aromatic N) is 1. The molecule has 1 fully saturated rings. The van der Waals surface area contributed by atoms with Gasteiger partial charge in [0.1, 0.15) is 12.2 Å². The van der Waals surface area contributed by atoms with Crippen LogP contribution in [0.4, 0.5) is 14.5 Å². The average molecular weight is 424 g/mol.